The standard InChI is InChI=1S/C13H20ClN3O2/c1-8(7-17(2)3)16-12-10(13(18)19-4)5-9(15)6-11(12)14/h5-6,8,16H,7,15H2,1-4H3. The molecule has 0 radical (unpaired) electrons. The van der Waals surface area contributed by atoms with Crippen molar-refractivity contribution in [3.8, 4) is 0 Å². The van der Waals surface area contributed by atoms with E-state index in [2.05, 4.69) is 5.32 Å². The van der Waals surface area contributed by atoms with Crippen LogP contribution in [-0.4, -0.2) is 44.7 Å². The fourth-order valence-corrected chi connectivity index (χ4v) is 2.17. The highest BCUT2D eigenvalue weighted by atomic mass is 35.5. The minimum absolute atomic E-state index is 0.125. The zero-order valence-electron chi connectivity index (χ0n) is 11.7. The molecule has 1 atom stereocenters. The molecule has 0 aliphatic carbocycles. The van der Waals surface area contributed by atoms with Gasteiger partial charge in [-0.1, -0.05) is 11.6 Å². The molecule has 0 fully saturated rings. The number of benzene rings is 1. The summed E-state index contributed by atoms with van der Waals surface area (Å²) in [5.74, 6) is -0.464. The number of hydrogen-bond donors (Lipinski definition) is 2. The Morgan fingerprint density at radius 2 is 2.16 bits per heavy atom. The van der Waals surface area contributed by atoms with Crippen LogP contribution in [0.2, 0.25) is 5.02 Å². The van der Waals surface area contributed by atoms with Gasteiger partial charge in [0.2, 0.25) is 0 Å². The Balaban J connectivity index is 3.07. The number of carbonyl (C=O) groups is 1. The fourth-order valence-electron chi connectivity index (χ4n) is 1.89. The summed E-state index contributed by atoms with van der Waals surface area (Å²) >= 11 is 6.15. The van der Waals surface area contributed by atoms with Gasteiger partial charge in [0.05, 0.1) is 23.4 Å². The number of esters is 1. The number of methoxy groups -OCH3 is 1. The zero-order chi connectivity index (χ0) is 14.6. The van der Waals surface area contributed by atoms with Crippen molar-refractivity contribution in [1.82, 2.24) is 4.90 Å². The number of nitrogens with two attached hydrogens (primary N) is 1. The van der Waals surface area contributed by atoms with Gasteiger partial charge in [-0.3, -0.25) is 0 Å². The van der Waals surface area contributed by atoms with Gasteiger partial charge in [-0.2, -0.15) is 0 Å². The monoisotopic (exact) mass is 285 g/mol. The van der Waals surface area contributed by atoms with Crippen molar-refractivity contribution in [1.29, 1.82) is 0 Å². The van der Waals surface area contributed by atoms with E-state index >= 15 is 0 Å². The average molecular weight is 286 g/mol. The molecular formula is C13H20ClN3O2. The molecule has 1 aromatic rings. The number of nitrogens with one attached hydrogen (secondary N) is 1. The van der Waals surface area contributed by atoms with E-state index in [4.69, 9.17) is 22.1 Å². The van der Waals surface area contributed by atoms with Crippen LogP contribution in [0.4, 0.5) is 11.4 Å². The first-order chi connectivity index (χ1) is 8.85. The van der Waals surface area contributed by atoms with Crippen LogP contribution >= 0.6 is 11.6 Å². The van der Waals surface area contributed by atoms with Gasteiger partial charge >= 0.3 is 5.97 Å². The molecule has 1 unspecified atom stereocenters. The van der Waals surface area contributed by atoms with Gasteiger partial charge in [-0.25, -0.2) is 4.79 Å². The Kier molecular flexibility index (Phi) is 5.44. The van der Waals surface area contributed by atoms with Gasteiger partial charge in [0.1, 0.15) is 0 Å². The Labute approximate surface area is 118 Å². The molecule has 3 N–H and O–H groups in total. The SMILES string of the molecule is COC(=O)c1cc(N)cc(Cl)c1NC(C)CN(C)C. The van der Waals surface area contributed by atoms with Gasteiger partial charge < -0.3 is 20.7 Å². The minimum atomic E-state index is -0.464. The third-order valence-electron chi connectivity index (χ3n) is 2.55. The second-order valence-corrected chi connectivity index (χ2v) is 5.13. The maximum atomic E-state index is 11.8. The van der Waals surface area contributed by atoms with Gasteiger partial charge in [0, 0.05) is 18.3 Å². The number of nitrogen functional groups attached to an aromatic ring is 1. The molecule has 0 aliphatic heterocycles. The van der Waals surface area contributed by atoms with Crippen molar-refractivity contribution in [3.63, 3.8) is 0 Å². The minimum Gasteiger partial charge on any atom is -0.465 e. The summed E-state index contributed by atoms with van der Waals surface area (Å²) in [7, 11) is 5.28. The van der Waals surface area contributed by atoms with Crippen LogP contribution in [0.1, 0.15) is 17.3 Å². The number of halogens is 1. The number of hydrogen-bond acceptors (Lipinski definition) is 5. The molecule has 0 saturated heterocycles. The zero-order valence-corrected chi connectivity index (χ0v) is 12.4. The molecule has 6 heteroatoms. The maximum absolute atomic E-state index is 11.8. The normalized spacial score (nSPS) is 12.3. The smallest absolute Gasteiger partial charge is 0.340 e. The van der Waals surface area contributed by atoms with Crippen molar-refractivity contribution in [2.75, 3.05) is 38.8 Å². The van der Waals surface area contributed by atoms with Crippen molar-refractivity contribution >= 4 is 28.9 Å². The van der Waals surface area contributed by atoms with Gasteiger partial charge in [-0.05, 0) is 33.2 Å². The Bertz CT molecular complexity index is 463. The number of carbonyl (C=O) groups excluding carboxylic acids is 1. The quantitative estimate of drug-likeness (QED) is 0.640. The summed E-state index contributed by atoms with van der Waals surface area (Å²) < 4.78 is 4.75. The van der Waals surface area contributed by atoms with Crippen LogP contribution in [0.15, 0.2) is 12.1 Å². The number of nitrogens with zero attached hydrogens (tertiary/aromatic N) is 1. The second-order valence-electron chi connectivity index (χ2n) is 4.72. The predicted molar refractivity (Wildman–Crippen MR) is 78.8 cm³/mol. The Hall–Kier alpha value is -1.46. The van der Waals surface area contributed by atoms with Crippen molar-refractivity contribution in [2.24, 2.45) is 0 Å². The molecule has 0 amide bonds. The lowest BCUT2D eigenvalue weighted by atomic mass is 10.1. The summed E-state index contributed by atoms with van der Waals surface area (Å²) in [5.41, 5.74) is 7.03. The van der Waals surface area contributed by atoms with E-state index in [1.165, 1.54) is 7.11 Å². The number of ether oxygens (including phenoxy) is 1. The molecule has 0 spiro atoms. The molecule has 1 rings (SSSR count). The predicted octanol–water partition coefficient (Wildman–Crippen LogP) is 2.07. The first-order valence-corrected chi connectivity index (χ1v) is 6.31. The molecule has 0 saturated carbocycles. The maximum Gasteiger partial charge on any atom is 0.340 e. The Morgan fingerprint density at radius 3 is 2.68 bits per heavy atom. The molecule has 106 valence electrons. The summed E-state index contributed by atoms with van der Waals surface area (Å²) in [6.45, 7) is 2.81. The van der Waals surface area contributed by atoms with Gasteiger partial charge in [-0.15, -0.1) is 0 Å². The highest BCUT2D eigenvalue weighted by Crippen LogP contribution is 2.30. The van der Waals surface area contributed by atoms with Crippen molar-refractivity contribution < 1.29 is 9.53 Å². The first kappa shape index (κ1) is 15.6. The third-order valence-corrected chi connectivity index (χ3v) is 2.85. The molecule has 0 aliphatic rings. The molecule has 19 heavy (non-hydrogen) atoms. The van der Waals surface area contributed by atoms with Crippen LogP contribution in [-0.2, 0) is 4.74 Å². The van der Waals surface area contributed by atoms with Crippen LogP contribution in [0.5, 0.6) is 0 Å². The second kappa shape index (κ2) is 6.63. The fraction of sp³-hybridized carbons (Fsp3) is 0.462. The van der Waals surface area contributed by atoms with E-state index in [1.807, 2.05) is 25.9 Å². The van der Waals surface area contributed by atoms with Crippen LogP contribution in [0, 0.1) is 0 Å². The number of rotatable bonds is 5. The number of anilines is 2. The molecule has 1 aromatic carbocycles. The third kappa shape index (κ3) is 4.29. The summed E-state index contributed by atoms with van der Waals surface area (Å²) in [6.07, 6.45) is 0. The van der Waals surface area contributed by atoms with Gasteiger partial charge in [0.25, 0.3) is 0 Å². The van der Waals surface area contributed by atoms with E-state index in [0.717, 1.165) is 6.54 Å². The van der Waals surface area contributed by atoms with E-state index in [9.17, 15) is 4.79 Å². The largest absolute Gasteiger partial charge is 0.465 e. The molecule has 5 nitrogen and oxygen atoms in total. The average Bonchev–Trinajstić information content (AvgIpc) is 2.30. The first-order valence-electron chi connectivity index (χ1n) is 5.93. The molecule has 0 heterocycles. The van der Waals surface area contributed by atoms with E-state index in [1.54, 1.807) is 12.1 Å². The summed E-state index contributed by atoms with van der Waals surface area (Å²) in [6, 6.07) is 3.29. The van der Waals surface area contributed by atoms with E-state index in [0.29, 0.717) is 22.0 Å². The highest BCUT2D eigenvalue weighted by molar-refractivity contribution is 6.34. The van der Waals surface area contributed by atoms with E-state index in [-0.39, 0.29) is 6.04 Å². The number of likely N-dealkylation sites (N-methyl/N-ethyl adjacent to an activating group) is 1. The molecule has 0 aromatic heterocycles. The lowest BCUT2D eigenvalue weighted by Crippen LogP contribution is -2.30. The van der Waals surface area contributed by atoms with Crippen molar-refractivity contribution in [3.05, 3.63) is 22.7 Å². The van der Waals surface area contributed by atoms with Crippen LogP contribution < -0.4 is 11.1 Å². The topological polar surface area (TPSA) is 67.6 Å². The van der Waals surface area contributed by atoms with E-state index < -0.39 is 5.97 Å². The highest BCUT2D eigenvalue weighted by Gasteiger charge is 2.18. The molecular weight excluding hydrogens is 266 g/mol. The van der Waals surface area contributed by atoms with Gasteiger partial charge in [0.15, 0.2) is 0 Å². The summed E-state index contributed by atoms with van der Waals surface area (Å²) in [5, 5.41) is 3.63. The summed E-state index contributed by atoms with van der Waals surface area (Å²) in [4.78, 5) is 13.8. The van der Waals surface area contributed by atoms with Crippen molar-refractivity contribution in [2.45, 2.75) is 13.0 Å². The lowest BCUT2D eigenvalue weighted by molar-refractivity contribution is 0.0602. The lowest BCUT2D eigenvalue weighted by Gasteiger charge is -2.21. The Morgan fingerprint density at radius 1 is 1.53 bits per heavy atom. The molecule has 0 bridgehead atoms. The van der Waals surface area contributed by atoms with Crippen LogP contribution in [0.25, 0.3) is 0 Å². The van der Waals surface area contributed by atoms with Crippen LogP contribution in [0.3, 0.4) is 0 Å².